The zero-order chi connectivity index (χ0) is 8.39. The van der Waals surface area contributed by atoms with Gasteiger partial charge in [0.05, 0.1) is 18.4 Å². The largest absolute Gasteiger partial charge is 0.362 e. The maximum absolute atomic E-state index is 11.1. The molecular formula is C8H11N3O. The molecule has 1 aromatic rings. The lowest BCUT2D eigenvalue weighted by Crippen LogP contribution is -2.35. The molecule has 1 fully saturated rings. The molecule has 0 spiro atoms. The second kappa shape index (κ2) is 2.97. The van der Waals surface area contributed by atoms with E-state index < -0.39 is 0 Å². The Morgan fingerprint density at radius 2 is 2.50 bits per heavy atom. The van der Waals surface area contributed by atoms with Crippen LogP contribution in [0.1, 0.15) is 12.8 Å². The fourth-order valence-electron chi connectivity index (χ4n) is 1.48. The van der Waals surface area contributed by atoms with E-state index in [1.807, 2.05) is 6.20 Å². The maximum atomic E-state index is 11.1. The van der Waals surface area contributed by atoms with Crippen molar-refractivity contribution in [3.05, 3.63) is 12.4 Å². The molecule has 0 aromatic carbocycles. The molecule has 0 amide bonds. The Labute approximate surface area is 70.6 Å². The molecule has 1 aliphatic rings. The average molecular weight is 165 g/mol. The molecule has 1 saturated heterocycles. The van der Waals surface area contributed by atoms with E-state index in [-0.39, 0.29) is 0 Å². The van der Waals surface area contributed by atoms with Crippen LogP contribution in [0.25, 0.3) is 0 Å². The van der Waals surface area contributed by atoms with Crippen molar-refractivity contribution >= 4 is 11.5 Å². The van der Waals surface area contributed by atoms with Gasteiger partial charge >= 0.3 is 0 Å². The van der Waals surface area contributed by atoms with E-state index in [4.69, 9.17) is 0 Å². The smallest absolute Gasteiger partial charge is 0.152 e. The second-order valence-electron chi connectivity index (χ2n) is 3.02. The van der Waals surface area contributed by atoms with E-state index in [1.165, 1.54) is 0 Å². The molecule has 1 aliphatic heterocycles. The van der Waals surface area contributed by atoms with Crippen LogP contribution in [0.15, 0.2) is 12.4 Å². The van der Waals surface area contributed by atoms with Crippen LogP contribution in [0, 0.1) is 0 Å². The second-order valence-corrected chi connectivity index (χ2v) is 3.02. The van der Waals surface area contributed by atoms with E-state index >= 15 is 0 Å². The highest BCUT2D eigenvalue weighted by Gasteiger charge is 2.17. The van der Waals surface area contributed by atoms with Gasteiger partial charge in [0.1, 0.15) is 0 Å². The summed E-state index contributed by atoms with van der Waals surface area (Å²) in [6, 6.07) is 0. The number of anilines is 1. The van der Waals surface area contributed by atoms with Gasteiger partial charge in [0.25, 0.3) is 0 Å². The first-order valence-electron chi connectivity index (χ1n) is 4.12. The minimum atomic E-state index is 0.322. The molecule has 1 N–H and O–H groups in total. The SMILES string of the molecule is O=C1CCCN(c2cn[nH]c2)C1. The van der Waals surface area contributed by atoms with Gasteiger partial charge in [0.2, 0.25) is 0 Å². The van der Waals surface area contributed by atoms with E-state index in [0.717, 1.165) is 25.1 Å². The molecule has 0 atom stereocenters. The molecule has 4 nitrogen and oxygen atoms in total. The summed E-state index contributed by atoms with van der Waals surface area (Å²) in [5.74, 6) is 0.322. The Bertz CT molecular complexity index is 268. The molecule has 1 aromatic heterocycles. The summed E-state index contributed by atoms with van der Waals surface area (Å²) in [6.45, 7) is 1.50. The molecule has 0 aliphatic carbocycles. The van der Waals surface area contributed by atoms with Gasteiger partial charge in [0, 0.05) is 19.2 Å². The number of carbonyl (C=O) groups is 1. The van der Waals surface area contributed by atoms with Crippen LogP contribution in [0.3, 0.4) is 0 Å². The van der Waals surface area contributed by atoms with Crippen LogP contribution in [0.4, 0.5) is 5.69 Å². The van der Waals surface area contributed by atoms with Gasteiger partial charge < -0.3 is 4.90 Å². The number of nitrogens with zero attached hydrogens (tertiary/aromatic N) is 2. The predicted molar refractivity (Wildman–Crippen MR) is 45.0 cm³/mol. The Balaban J connectivity index is 2.09. The molecule has 64 valence electrons. The lowest BCUT2D eigenvalue weighted by molar-refractivity contribution is -0.118. The van der Waals surface area contributed by atoms with E-state index in [2.05, 4.69) is 15.1 Å². The summed E-state index contributed by atoms with van der Waals surface area (Å²) in [5.41, 5.74) is 1.02. The third-order valence-corrected chi connectivity index (χ3v) is 2.10. The monoisotopic (exact) mass is 165 g/mol. The Kier molecular flexibility index (Phi) is 1.81. The Hall–Kier alpha value is -1.32. The summed E-state index contributed by atoms with van der Waals surface area (Å²) in [5, 5.41) is 6.58. The Morgan fingerprint density at radius 1 is 1.58 bits per heavy atom. The van der Waals surface area contributed by atoms with Gasteiger partial charge in [-0.25, -0.2) is 0 Å². The fraction of sp³-hybridized carbons (Fsp3) is 0.500. The number of nitrogens with one attached hydrogen (secondary N) is 1. The van der Waals surface area contributed by atoms with Crippen molar-refractivity contribution in [1.29, 1.82) is 0 Å². The summed E-state index contributed by atoms with van der Waals surface area (Å²) in [4.78, 5) is 13.1. The van der Waals surface area contributed by atoms with Crippen molar-refractivity contribution in [3.63, 3.8) is 0 Å². The first-order valence-corrected chi connectivity index (χ1v) is 4.12. The third-order valence-electron chi connectivity index (χ3n) is 2.10. The number of aromatic amines is 1. The van der Waals surface area contributed by atoms with E-state index in [0.29, 0.717) is 12.3 Å². The summed E-state index contributed by atoms with van der Waals surface area (Å²) < 4.78 is 0. The van der Waals surface area contributed by atoms with Gasteiger partial charge in [-0.15, -0.1) is 0 Å². The molecule has 4 heteroatoms. The molecule has 0 saturated carbocycles. The third kappa shape index (κ3) is 1.32. The highest BCUT2D eigenvalue weighted by Crippen LogP contribution is 2.15. The minimum Gasteiger partial charge on any atom is -0.362 e. The lowest BCUT2D eigenvalue weighted by Gasteiger charge is -2.25. The highest BCUT2D eigenvalue weighted by atomic mass is 16.1. The molecule has 0 radical (unpaired) electrons. The number of ketones is 1. The van der Waals surface area contributed by atoms with Crippen LogP contribution >= 0.6 is 0 Å². The van der Waals surface area contributed by atoms with Crippen LogP contribution in [-0.4, -0.2) is 29.1 Å². The number of carbonyl (C=O) groups excluding carboxylic acids is 1. The number of H-pyrrole nitrogens is 1. The fourth-order valence-corrected chi connectivity index (χ4v) is 1.48. The standard InChI is InChI=1S/C8H11N3O/c12-8-2-1-3-11(6-8)7-4-9-10-5-7/h4-5H,1-3,6H2,(H,9,10). The van der Waals surface area contributed by atoms with Gasteiger partial charge in [-0.3, -0.25) is 9.89 Å². The van der Waals surface area contributed by atoms with Crippen LogP contribution in [0.5, 0.6) is 0 Å². The normalized spacial score (nSPS) is 18.3. The molecule has 2 rings (SSSR count). The summed E-state index contributed by atoms with van der Waals surface area (Å²) >= 11 is 0. The number of piperidine rings is 1. The molecule has 12 heavy (non-hydrogen) atoms. The van der Waals surface area contributed by atoms with Crippen LogP contribution in [0.2, 0.25) is 0 Å². The lowest BCUT2D eigenvalue weighted by atomic mass is 10.1. The topological polar surface area (TPSA) is 49.0 Å². The molecule has 0 unspecified atom stereocenters. The summed E-state index contributed by atoms with van der Waals surface area (Å²) in [7, 11) is 0. The van der Waals surface area contributed by atoms with Crippen LogP contribution in [-0.2, 0) is 4.79 Å². The number of hydrogen-bond donors (Lipinski definition) is 1. The van der Waals surface area contributed by atoms with Gasteiger partial charge in [-0.05, 0) is 6.42 Å². The van der Waals surface area contributed by atoms with E-state index in [1.54, 1.807) is 6.20 Å². The zero-order valence-corrected chi connectivity index (χ0v) is 6.79. The van der Waals surface area contributed by atoms with Gasteiger partial charge in [-0.1, -0.05) is 0 Å². The summed E-state index contributed by atoms with van der Waals surface area (Å²) in [6.07, 6.45) is 5.26. The van der Waals surface area contributed by atoms with Crippen molar-refractivity contribution in [2.24, 2.45) is 0 Å². The van der Waals surface area contributed by atoms with Gasteiger partial charge in [-0.2, -0.15) is 5.10 Å². The predicted octanol–water partition coefficient (Wildman–Crippen LogP) is 0.579. The van der Waals surface area contributed by atoms with Crippen molar-refractivity contribution in [2.75, 3.05) is 18.0 Å². The van der Waals surface area contributed by atoms with Crippen LogP contribution < -0.4 is 4.90 Å². The number of Topliss-reactive ketones (excluding diaryl/α,β-unsaturated/α-hetero) is 1. The highest BCUT2D eigenvalue weighted by molar-refractivity contribution is 5.84. The Morgan fingerprint density at radius 3 is 3.17 bits per heavy atom. The van der Waals surface area contributed by atoms with Crippen molar-refractivity contribution < 1.29 is 4.79 Å². The van der Waals surface area contributed by atoms with Crippen molar-refractivity contribution in [3.8, 4) is 0 Å². The number of hydrogen-bond acceptors (Lipinski definition) is 3. The first kappa shape index (κ1) is 7.34. The quantitative estimate of drug-likeness (QED) is 0.662. The minimum absolute atomic E-state index is 0.322. The zero-order valence-electron chi connectivity index (χ0n) is 6.79. The molecule has 2 heterocycles. The molecular weight excluding hydrogens is 154 g/mol. The van der Waals surface area contributed by atoms with Crippen molar-refractivity contribution in [2.45, 2.75) is 12.8 Å². The van der Waals surface area contributed by atoms with Crippen molar-refractivity contribution in [1.82, 2.24) is 10.2 Å². The van der Waals surface area contributed by atoms with E-state index in [9.17, 15) is 4.79 Å². The average Bonchev–Trinajstić information content (AvgIpc) is 2.56. The van der Waals surface area contributed by atoms with Gasteiger partial charge in [0.15, 0.2) is 5.78 Å². The first-order chi connectivity index (χ1) is 5.86. The molecule has 0 bridgehead atoms. The number of rotatable bonds is 1. The number of aromatic nitrogens is 2. The maximum Gasteiger partial charge on any atom is 0.152 e.